The zero-order valence-corrected chi connectivity index (χ0v) is 18.5. The standard InChI is InChI=1S/C22H43O4P/c1-3-5-6-7-8-9-10-11-12-13-14-15-16-17-20-27(24,25)21-18-19-26-22(23)4-2/h4H,2-3,5-21H2,1H3,(H,24,25). The Balaban J connectivity index is 3.34. The molecule has 5 heteroatoms. The smallest absolute Gasteiger partial charge is 0.330 e. The molecule has 4 nitrogen and oxygen atoms in total. The van der Waals surface area contributed by atoms with E-state index in [1.54, 1.807) is 0 Å². The fourth-order valence-corrected chi connectivity index (χ4v) is 4.77. The summed E-state index contributed by atoms with van der Waals surface area (Å²) in [5.74, 6) is -0.477. The van der Waals surface area contributed by atoms with E-state index in [1.807, 2.05) is 0 Å². The Morgan fingerprint density at radius 1 is 0.815 bits per heavy atom. The van der Waals surface area contributed by atoms with Gasteiger partial charge in [-0.05, 0) is 12.8 Å². The van der Waals surface area contributed by atoms with E-state index in [1.165, 1.54) is 70.6 Å². The molecule has 0 heterocycles. The van der Waals surface area contributed by atoms with Gasteiger partial charge in [0.1, 0.15) is 0 Å². The summed E-state index contributed by atoms with van der Waals surface area (Å²) in [5, 5.41) is 0. The minimum Gasteiger partial charge on any atom is -0.463 e. The van der Waals surface area contributed by atoms with Crippen molar-refractivity contribution in [1.82, 2.24) is 0 Å². The first-order valence-electron chi connectivity index (χ1n) is 11.1. The van der Waals surface area contributed by atoms with Crippen molar-refractivity contribution in [3.8, 4) is 0 Å². The molecule has 0 radical (unpaired) electrons. The lowest BCUT2D eigenvalue weighted by molar-refractivity contribution is -0.137. The number of hydrogen-bond donors (Lipinski definition) is 1. The SMILES string of the molecule is C=CC(=O)OCCCP(=O)(O)CCCCCCCCCCCCCCCC. The van der Waals surface area contributed by atoms with Crippen molar-refractivity contribution < 1.29 is 19.0 Å². The summed E-state index contributed by atoms with van der Waals surface area (Å²) in [6.07, 6.45) is 20.1. The van der Waals surface area contributed by atoms with Gasteiger partial charge in [0.2, 0.25) is 7.37 Å². The molecule has 1 N–H and O–H groups in total. The summed E-state index contributed by atoms with van der Waals surface area (Å²) in [6, 6.07) is 0. The summed E-state index contributed by atoms with van der Waals surface area (Å²) in [4.78, 5) is 20.8. The lowest BCUT2D eigenvalue weighted by atomic mass is 10.0. The molecule has 27 heavy (non-hydrogen) atoms. The van der Waals surface area contributed by atoms with Gasteiger partial charge >= 0.3 is 5.97 Å². The molecule has 0 aliphatic rings. The molecular weight excluding hydrogens is 359 g/mol. The molecule has 160 valence electrons. The number of esters is 1. The third-order valence-electron chi connectivity index (χ3n) is 4.92. The average Bonchev–Trinajstić information content (AvgIpc) is 2.65. The summed E-state index contributed by atoms with van der Waals surface area (Å²) >= 11 is 0. The predicted molar refractivity (Wildman–Crippen MR) is 116 cm³/mol. The fraction of sp³-hybridized carbons (Fsp3) is 0.864. The Morgan fingerprint density at radius 2 is 1.22 bits per heavy atom. The largest absolute Gasteiger partial charge is 0.463 e. The van der Waals surface area contributed by atoms with Crippen LogP contribution in [0.25, 0.3) is 0 Å². The second-order valence-corrected chi connectivity index (χ2v) is 10.2. The maximum atomic E-state index is 12.0. The van der Waals surface area contributed by atoms with Crippen molar-refractivity contribution in [3.05, 3.63) is 12.7 Å². The normalized spacial score (nSPS) is 13.3. The van der Waals surface area contributed by atoms with Gasteiger partial charge in [0, 0.05) is 18.4 Å². The first-order chi connectivity index (χ1) is 13.0. The summed E-state index contributed by atoms with van der Waals surface area (Å²) in [6.45, 7) is 5.76. The molecule has 0 aliphatic carbocycles. The molecule has 0 bridgehead atoms. The van der Waals surface area contributed by atoms with E-state index < -0.39 is 13.3 Å². The van der Waals surface area contributed by atoms with Gasteiger partial charge in [0.25, 0.3) is 0 Å². The van der Waals surface area contributed by atoms with Gasteiger partial charge < -0.3 is 9.63 Å². The van der Waals surface area contributed by atoms with Gasteiger partial charge in [-0.15, -0.1) is 0 Å². The lowest BCUT2D eigenvalue weighted by Gasteiger charge is -2.11. The molecule has 0 spiro atoms. The molecule has 0 saturated heterocycles. The van der Waals surface area contributed by atoms with Crippen molar-refractivity contribution in [2.45, 2.75) is 103 Å². The summed E-state index contributed by atoms with van der Waals surface area (Å²) < 4.78 is 16.9. The molecule has 0 fully saturated rings. The third-order valence-corrected chi connectivity index (χ3v) is 6.95. The number of unbranched alkanes of at least 4 members (excludes halogenated alkanes) is 13. The zero-order chi connectivity index (χ0) is 20.2. The van der Waals surface area contributed by atoms with Crippen LogP contribution in [-0.4, -0.2) is 29.8 Å². The van der Waals surface area contributed by atoms with Crippen LogP contribution in [0, 0.1) is 0 Å². The van der Waals surface area contributed by atoms with E-state index >= 15 is 0 Å². The van der Waals surface area contributed by atoms with Crippen molar-refractivity contribution in [2.75, 3.05) is 18.9 Å². The van der Waals surface area contributed by atoms with E-state index in [0.717, 1.165) is 25.3 Å². The van der Waals surface area contributed by atoms with Crippen LogP contribution in [0.1, 0.15) is 103 Å². The second kappa shape index (κ2) is 18.7. The van der Waals surface area contributed by atoms with Crippen molar-refractivity contribution in [3.63, 3.8) is 0 Å². The topological polar surface area (TPSA) is 63.6 Å². The van der Waals surface area contributed by atoms with E-state index in [2.05, 4.69) is 13.5 Å². The number of carbonyl (C=O) groups is 1. The quantitative estimate of drug-likeness (QED) is 0.105. The van der Waals surface area contributed by atoms with Gasteiger partial charge in [0.15, 0.2) is 0 Å². The van der Waals surface area contributed by atoms with Gasteiger partial charge in [0.05, 0.1) is 6.61 Å². The van der Waals surface area contributed by atoms with Crippen LogP contribution < -0.4 is 0 Å². The van der Waals surface area contributed by atoms with Crippen LogP contribution in [0.3, 0.4) is 0 Å². The van der Waals surface area contributed by atoms with Crippen LogP contribution in [0.5, 0.6) is 0 Å². The monoisotopic (exact) mass is 402 g/mol. The summed E-state index contributed by atoms with van der Waals surface area (Å²) in [5.41, 5.74) is 0. The molecule has 0 aromatic heterocycles. The highest BCUT2D eigenvalue weighted by Gasteiger charge is 2.17. The molecule has 0 aromatic rings. The predicted octanol–water partition coefficient (Wildman–Crippen LogP) is 6.86. The minimum absolute atomic E-state index is 0.189. The number of ether oxygens (including phenoxy) is 1. The highest BCUT2D eigenvalue weighted by molar-refractivity contribution is 7.57. The van der Waals surface area contributed by atoms with E-state index in [9.17, 15) is 14.3 Å². The molecule has 0 aliphatic heterocycles. The molecule has 1 atom stereocenters. The highest BCUT2D eigenvalue weighted by atomic mass is 31.2. The highest BCUT2D eigenvalue weighted by Crippen LogP contribution is 2.42. The molecule has 0 amide bonds. The van der Waals surface area contributed by atoms with Gasteiger partial charge in [-0.1, -0.05) is 97.0 Å². The van der Waals surface area contributed by atoms with Crippen LogP contribution in [0.2, 0.25) is 0 Å². The van der Waals surface area contributed by atoms with Gasteiger partial charge in [-0.25, -0.2) is 4.79 Å². The van der Waals surface area contributed by atoms with Crippen LogP contribution in [0.4, 0.5) is 0 Å². The number of hydrogen-bond acceptors (Lipinski definition) is 3. The molecule has 0 saturated carbocycles. The van der Waals surface area contributed by atoms with E-state index in [0.29, 0.717) is 12.6 Å². The van der Waals surface area contributed by atoms with E-state index in [-0.39, 0.29) is 12.8 Å². The minimum atomic E-state index is -3.06. The van der Waals surface area contributed by atoms with Crippen LogP contribution >= 0.6 is 7.37 Å². The Labute approximate surface area is 167 Å². The maximum absolute atomic E-state index is 12.0. The van der Waals surface area contributed by atoms with Crippen LogP contribution in [0.15, 0.2) is 12.7 Å². The Kier molecular flexibility index (Phi) is 18.3. The Hall–Kier alpha value is -0.600. The lowest BCUT2D eigenvalue weighted by Crippen LogP contribution is -2.04. The molecule has 1 unspecified atom stereocenters. The number of carbonyl (C=O) groups excluding carboxylic acids is 1. The van der Waals surface area contributed by atoms with Gasteiger partial charge in [-0.3, -0.25) is 4.57 Å². The van der Waals surface area contributed by atoms with Gasteiger partial charge in [-0.2, -0.15) is 0 Å². The first-order valence-corrected chi connectivity index (χ1v) is 13.1. The number of rotatable bonds is 20. The van der Waals surface area contributed by atoms with Crippen molar-refractivity contribution in [2.24, 2.45) is 0 Å². The first kappa shape index (κ1) is 26.4. The third kappa shape index (κ3) is 20.0. The Morgan fingerprint density at radius 3 is 1.67 bits per heavy atom. The van der Waals surface area contributed by atoms with E-state index in [4.69, 9.17) is 4.74 Å². The fourth-order valence-electron chi connectivity index (χ4n) is 3.21. The zero-order valence-electron chi connectivity index (χ0n) is 17.6. The maximum Gasteiger partial charge on any atom is 0.330 e. The molecular formula is C22H43O4P. The van der Waals surface area contributed by atoms with Crippen LogP contribution in [-0.2, 0) is 14.1 Å². The Bertz CT molecular complexity index is 409. The average molecular weight is 403 g/mol. The van der Waals surface area contributed by atoms with Crippen molar-refractivity contribution >= 4 is 13.3 Å². The van der Waals surface area contributed by atoms with Crippen molar-refractivity contribution in [1.29, 1.82) is 0 Å². The summed E-state index contributed by atoms with van der Waals surface area (Å²) in [7, 11) is -3.06. The second-order valence-electron chi connectivity index (χ2n) is 7.61. The molecule has 0 rings (SSSR count). The molecule has 0 aromatic carbocycles.